The summed E-state index contributed by atoms with van der Waals surface area (Å²) in [7, 11) is 1.73. The Balaban J connectivity index is 1.72. The van der Waals surface area contributed by atoms with Crippen LogP contribution in [0.5, 0.6) is 0 Å². The van der Waals surface area contributed by atoms with Crippen molar-refractivity contribution in [3.05, 3.63) is 28.2 Å². The van der Waals surface area contributed by atoms with Crippen LogP contribution in [0.15, 0.2) is 18.2 Å². The number of hydrogen-bond acceptors (Lipinski definition) is 3. The average molecular weight is 386 g/mol. The van der Waals surface area contributed by atoms with Gasteiger partial charge < -0.3 is 10.6 Å². The molecule has 0 aromatic heterocycles. The number of amides is 2. The van der Waals surface area contributed by atoms with E-state index in [1.165, 1.54) is 32.1 Å². The number of nitrogens with one attached hydrogen (secondary N) is 2. The zero-order valence-corrected chi connectivity index (χ0v) is 16.0. The van der Waals surface area contributed by atoms with Crippen LogP contribution in [0.4, 0.5) is 5.69 Å². The van der Waals surface area contributed by atoms with Crippen LogP contribution in [0.25, 0.3) is 0 Å². The number of hydrogen-bond donors (Lipinski definition) is 2. The second-order valence-corrected chi connectivity index (χ2v) is 7.44. The predicted octanol–water partition coefficient (Wildman–Crippen LogP) is 3.56. The fourth-order valence-corrected chi connectivity index (χ4v) is 3.54. The van der Waals surface area contributed by atoms with Gasteiger partial charge in [0.05, 0.1) is 28.8 Å². The first-order valence-corrected chi connectivity index (χ1v) is 9.40. The Labute approximate surface area is 159 Å². The van der Waals surface area contributed by atoms with E-state index in [0.29, 0.717) is 21.7 Å². The molecule has 2 amide bonds. The number of anilines is 1. The van der Waals surface area contributed by atoms with E-state index >= 15 is 0 Å². The SMILES string of the molecule is CN(CC(=O)NCC1CCCCC1)CC(=O)Nc1c(Cl)cccc1Cl. The van der Waals surface area contributed by atoms with Gasteiger partial charge in [-0.15, -0.1) is 0 Å². The van der Waals surface area contributed by atoms with E-state index in [-0.39, 0.29) is 24.9 Å². The van der Waals surface area contributed by atoms with Gasteiger partial charge >= 0.3 is 0 Å². The highest BCUT2D eigenvalue weighted by Crippen LogP contribution is 2.29. The Morgan fingerprint density at radius 3 is 2.32 bits per heavy atom. The Hall–Kier alpha value is -1.30. The molecule has 2 rings (SSSR count). The second kappa shape index (κ2) is 10.00. The number of carbonyl (C=O) groups is 2. The molecule has 0 spiro atoms. The first-order chi connectivity index (χ1) is 12.0. The molecule has 25 heavy (non-hydrogen) atoms. The topological polar surface area (TPSA) is 61.4 Å². The van der Waals surface area contributed by atoms with Gasteiger partial charge in [0, 0.05) is 6.54 Å². The maximum Gasteiger partial charge on any atom is 0.238 e. The molecule has 7 heteroatoms. The number of likely N-dealkylation sites (N-methyl/N-ethyl adjacent to an activating group) is 1. The van der Waals surface area contributed by atoms with Crippen molar-refractivity contribution in [2.75, 3.05) is 32.0 Å². The fourth-order valence-electron chi connectivity index (χ4n) is 3.05. The maximum atomic E-state index is 12.1. The molecule has 0 radical (unpaired) electrons. The van der Waals surface area contributed by atoms with Gasteiger partial charge in [-0.3, -0.25) is 14.5 Å². The van der Waals surface area contributed by atoms with Crippen LogP contribution < -0.4 is 10.6 Å². The highest BCUT2D eigenvalue weighted by atomic mass is 35.5. The Kier molecular flexibility index (Phi) is 8.00. The lowest BCUT2D eigenvalue weighted by molar-refractivity contribution is -0.123. The van der Waals surface area contributed by atoms with Crippen molar-refractivity contribution in [3.8, 4) is 0 Å². The van der Waals surface area contributed by atoms with Crippen LogP contribution in [-0.4, -0.2) is 43.4 Å². The monoisotopic (exact) mass is 385 g/mol. The minimum absolute atomic E-state index is 0.0587. The molecule has 2 N–H and O–H groups in total. The van der Waals surface area contributed by atoms with Crippen molar-refractivity contribution in [2.45, 2.75) is 32.1 Å². The quantitative estimate of drug-likeness (QED) is 0.753. The van der Waals surface area contributed by atoms with Crippen molar-refractivity contribution in [1.29, 1.82) is 0 Å². The summed E-state index contributed by atoms with van der Waals surface area (Å²) in [5, 5.41) is 6.43. The van der Waals surface area contributed by atoms with Gasteiger partial charge in [0.2, 0.25) is 11.8 Å². The first kappa shape index (κ1) is 20.0. The van der Waals surface area contributed by atoms with Gasteiger partial charge in [-0.1, -0.05) is 48.5 Å². The van der Waals surface area contributed by atoms with Crippen LogP contribution in [0.2, 0.25) is 10.0 Å². The van der Waals surface area contributed by atoms with E-state index in [1.807, 2.05) is 0 Å². The molecular formula is C18H25Cl2N3O2. The van der Waals surface area contributed by atoms with Gasteiger partial charge in [0.25, 0.3) is 0 Å². The highest BCUT2D eigenvalue weighted by molar-refractivity contribution is 6.39. The second-order valence-electron chi connectivity index (χ2n) is 6.63. The third-order valence-corrected chi connectivity index (χ3v) is 5.00. The van der Waals surface area contributed by atoms with Gasteiger partial charge in [-0.25, -0.2) is 0 Å². The number of rotatable bonds is 7. The summed E-state index contributed by atoms with van der Waals surface area (Å²) in [6.07, 6.45) is 6.20. The van der Waals surface area contributed by atoms with Crippen molar-refractivity contribution in [2.24, 2.45) is 5.92 Å². The van der Waals surface area contributed by atoms with Crippen LogP contribution in [-0.2, 0) is 9.59 Å². The average Bonchev–Trinajstić information content (AvgIpc) is 2.57. The minimum Gasteiger partial charge on any atom is -0.355 e. The van der Waals surface area contributed by atoms with E-state index in [9.17, 15) is 9.59 Å². The van der Waals surface area contributed by atoms with E-state index in [0.717, 1.165) is 6.54 Å². The lowest BCUT2D eigenvalue weighted by atomic mass is 9.89. The summed E-state index contributed by atoms with van der Waals surface area (Å²) in [6.45, 7) is 0.989. The van der Waals surface area contributed by atoms with Crippen molar-refractivity contribution >= 4 is 40.7 Å². The van der Waals surface area contributed by atoms with E-state index in [4.69, 9.17) is 23.2 Å². The number of para-hydroxylation sites is 1. The molecule has 1 fully saturated rings. The predicted molar refractivity (Wildman–Crippen MR) is 102 cm³/mol. The summed E-state index contributed by atoms with van der Waals surface area (Å²) in [4.78, 5) is 25.8. The fraction of sp³-hybridized carbons (Fsp3) is 0.556. The molecule has 0 heterocycles. The molecule has 1 aliphatic carbocycles. The third-order valence-electron chi connectivity index (χ3n) is 4.37. The first-order valence-electron chi connectivity index (χ1n) is 8.65. The zero-order valence-electron chi connectivity index (χ0n) is 14.5. The molecule has 1 aliphatic rings. The summed E-state index contributed by atoms with van der Waals surface area (Å²) >= 11 is 12.1. The van der Waals surface area contributed by atoms with Crippen LogP contribution in [0.3, 0.4) is 0 Å². The van der Waals surface area contributed by atoms with E-state index < -0.39 is 0 Å². The van der Waals surface area contributed by atoms with Gasteiger partial charge in [-0.2, -0.15) is 0 Å². The molecule has 5 nitrogen and oxygen atoms in total. The molecule has 0 saturated heterocycles. The third kappa shape index (κ3) is 6.84. The maximum absolute atomic E-state index is 12.1. The highest BCUT2D eigenvalue weighted by Gasteiger charge is 2.16. The molecule has 0 aliphatic heterocycles. The normalized spacial score (nSPS) is 15.2. The number of halogens is 2. The number of nitrogens with zero attached hydrogens (tertiary/aromatic N) is 1. The molecule has 0 atom stereocenters. The molecule has 138 valence electrons. The number of benzene rings is 1. The van der Waals surface area contributed by atoms with Crippen molar-refractivity contribution in [1.82, 2.24) is 10.2 Å². The molecule has 1 saturated carbocycles. The van der Waals surface area contributed by atoms with E-state index in [1.54, 1.807) is 30.1 Å². The van der Waals surface area contributed by atoms with Gasteiger partial charge in [-0.05, 0) is 37.9 Å². The molecule has 1 aromatic rings. The van der Waals surface area contributed by atoms with Gasteiger partial charge in [0.1, 0.15) is 0 Å². The molecular weight excluding hydrogens is 361 g/mol. The Morgan fingerprint density at radius 1 is 1.08 bits per heavy atom. The van der Waals surface area contributed by atoms with Crippen LogP contribution >= 0.6 is 23.2 Å². The van der Waals surface area contributed by atoms with E-state index in [2.05, 4.69) is 10.6 Å². The minimum atomic E-state index is -0.266. The largest absolute Gasteiger partial charge is 0.355 e. The Bertz CT molecular complexity index is 584. The lowest BCUT2D eigenvalue weighted by Gasteiger charge is -2.22. The lowest BCUT2D eigenvalue weighted by Crippen LogP contribution is -2.40. The molecule has 0 unspecified atom stereocenters. The Morgan fingerprint density at radius 2 is 1.68 bits per heavy atom. The molecule has 0 bridgehead atoms. The van der Waals surface area contributed by atoms with Crippen molar-refractivity contribution < 1.29 is 9.59 Å². The van der Waals surface area contributed by atoms with Crippen LogP contribution in [0.1, 0.15) is 32.1 Å². The standard InChI is InChI=1S/C18H25Cl2N3O2/c1-23(11-16(24)21-10-13-6-3-2-4-7-13)12-17(25)22-18-14(19)8-5-9-15(18)20/h5,8-9,13H,2-4,6-7,10-12H2,1H3,(H,21,24)(H,22,25). The number of carbonyl (C=O) groups excluding carboxylic acids is 2. The van der Waals surface area contributed by atoms with Gasteiger partial charge in [0.15, 0.2) is 0 Å². The van der Waals surface area contributed by atoms with Crippen molar-refractivity contribution in [3.63, 3.8) is 0 Å². The summed E-state index contributed by atoms with van der Waals surface area (Å²) in [5.41, 5.74) is 0.394. The summed E-state index contributed by atoms with van der Waals surface area (Å²) in [6, 6.07) is 5.03. The van der Waals surface area contributed by atoms with Crippen LogP contribution in [0, 0.1) is 5.92 Å². The zero-order chi connectivity index (χ0) is 18.2. The summed E-state index contributed by atoms with van der Waals surface area (Å²) in [5.74, 6) is 0.267. The summed E-state index contributed by atoms with van der Waals surface area (Å²) < 4.78 is 0. The smallest absolute Gasteiger partial charge is 0.238 e. The molecule has 1 aromatic carbocycles.